The van der Waals surface area contributed by atoms with Crippen LogP contribution in [0, 0.1) is 0 Å². The predicted molar refractivity (Wildman–Crippen MR) is 169 cm³/mol. The summed E-state index contributed by atoms with van der Waals surface area (Å²) in [6, 6.07) is 11.8. The van der Waals surface area contributed by atoms with Gasteiger partial charge in [-0.3, -0.25) is 14.2 Å². The van der Waals surface area contributed by atoms with Crippen LogP contribution in [0.2, 0.25) is 0 Å². The van der Waals surface area contributed by atoms with E-state index in [1.54, 1.807) is 47.8 Å². The molecule has 2 aliphatic rings. The van der Waals surface area contributed by atoms with Gasteiger partial charge in [-0.05, 0) is 54.8 Å². The van der Waals surface area contributed by atoms with E-state index in [4.69, 9.17) is 28.7 Å². The van der Waals surface area contributed by atoms with E-state index in [1.165, 1.54) is 18.4 Å². The number of amides is 1. The number of aromatic nitrogens is 1. The molecule has 3 heterocycles. The number of morpholine rings is 1. The van der Waals surface area contributed by atoms with E-state index in [9.17, 15) is 14.4 Å². The van der Waals surface area contributed by atoms with Crippen LogP contribution in [0.25, 0.3) is 6.08 Å². The summed E-state index contributed by atoms with van der Waals surface area (Å²) in [6.07, 6.45) is 3.06. The highest BCUT2D eigenvalue weighted by Crippen LogP contribution is 2.34. The normalized spacial score (nSPS) is 16.6. The van der Waals surface area contributed by atoms with E-state index in [2.05, 4.69) is 0 Å². The highest BCUT2D eigenvalue weighted by atomic mass is 32.1. The van der Waals surface area contributed by atoms with Crippen LogP contribution in [0.5, 0.6) is 17.2 Å². The second kappa shape index (κ2) is 14.6. The van der Waals surface area contributed by atoms with Crippen LogP contribution in [-0.2, 0) is 19.1 Å². The number of thiazole rings is 1. The summed E-state index contributed by atoms with van der Waals surface area (Å²) in [5, 5.41) is 0. The zero-order chi connectivity index (χ0) is 31.9. The molecule has 0 N–H and O–H groups in total. The maximum Gasteiger partial charge on any atom is 0.338 e. The van der Waals surface area contributed by atoms with Crippen molar-refractivity contribution in [3.63, 3.8) is 0 Å². The standard InChI is InChI=1S/C33H37N3O8S/c1-5-8-24-29(32(39)43-6-2)30(22-9-7-10-23(19-22)40-3)36-31(38)27(45-33(36)34-24)18-21-11-12-25(26(17-21)41-4)44-20-28(37)35-13-15-42-16-14-35/h7,9-12,17-19,30H,5-6,8,13-16,20H2,1-4H3/b27-18+/t30-/m1/s1. The third kappa shape index (κ3) is 6.97. The smallest absolute Gasteiger partial charge is 0.338 e. The fourth-order valence-corrected chi connectivity index (χ4v) is 6.36. The molecule has 1 fully saturated rings. The molecule has 3 aromatic rings. The van der Waals surface area contributed by atoms with Gasteiger partial charge in [-0.15, -0.1) is 0 Å². The molecule has 0 radical (unpaired) electrons. The molecule has 0 spiro atoms. The summed E-state index contributed by atoms with van der Waals surface area (Å²) >= 11 is 1.25. The van der Waals surface area contributed by atoms with Gasteiger partial charge in [0.2, 0.25) is 0 Å². The van der Waals surface area contributed by atoms with E-state index in [1.807, 2.05) is 31.2 Å². The van der Waals surface area contributed by atoms with Gasteiger partial charge >= 0.3 is 5.97 Å². The Bertz CT molecular complexity index is 1770. The number of methoxy groups -OCH3 is 2. The van der Waals surface area contributed by atoms with Gasteiger partial charge in [0.1, 0.15) is 5.75 Å². The molecule has 0 saturated carbocycles. The van der Waals surface area contributed by atoms with Crippen LogP contribution >= 0.6 is 11.3 Å². The fraction of sp³-hybridized carbons (Fsp3) is 0.394. The van der Waals surface area contributed by atoms with Gasteiger partial charge in [0, 0.05) is 13.1 Å². The first kappa shape index (κ1) is 32.0. The molecule has 2 aliphatic heterocycles. The van der Waals surface area contributed by atoms with Crippen molar-refractivity contribution < 1.29 is 33.3 Å². The Hall–Kier alpha value is -4.42. The van der Waals surface area contributed by atoms with E-state index < -0.39 is 12.0 Å². The van der Waals surface area contributed by atoms with Crippen LogP contribution < -0.4 is 29.1 Å². The number of carbonyl (C=O) groups excluding carboxylic acids is 2. The van der Waals surface area contributed by atoms with Crippen LogP contribution in [0.1, 0.15) is 43.9 Å². The molecular weight excluding hydrogens is 598 g/mol. The molecule has 1 aromatic heterocycles. The van der Waals surface area contributed by atoms with E-state index >= 15 is 0 Å². The van der Waals surface area contributed by atoms with Gasteiger partial charge in [-0.1, -0.05) is 42.9 Å². The van der Waals surface area contributed by atoms with Crippen LogP contribution in [0.3, 0.4) is 0 Å². The minimum Gasteiger partial charge on any atom is -0.497 e. The zero-order valence-electron chi connectivity index (χ0n) is 25.9. The summed E-state index contributed by atoms with van der Waals surface area (Å²) in [7, 11) is 3.09. The van der Waals surface area contributed by atoms with Gasteiger partial charge < -0.3 is 28.6 Å². The van der Waals surface area contributed by atoms with E-state index in [0.717, 1.165) is 6.42 Å². The maximum atomic E-state index is 14.1. The van der Waals surface area contributed by atoms with Crippen LogP contribution in [0.4, 0.5) is 0 Å². The lowest BCUT2D eigenvalue weighted by atomic mass is 9.94. The molecular formula is C33H37N3O8S. The van der Waals surface area contributed by atoms with Gasteiger partial charge in [0.05, 0.1) is 55.9 Å². The molecule has 1 atom stereocenters. The number of hydrogen-bond donors (Lipinski definition) is 0. The number of benzene rings is 2. The molecule has 11 nitrogen and oxygen atoms in total. The highest BCUT2D eigenvalue weighted by molar-refractivity contribution is 7.07. The average Bonchev–Trinajstić information content (AvgIpc) is 3.37. The van der Waals surface area contributed by atoms with Crippen molar-refractivity contribution in [2.75, 3.05) is 53.7 Å². The predicted octanol–water partition coefficient (Wildman–Crippen LogP) is 2.83. The summed E-state index contributed by atoms with van der Waals surface area (Å²) in [5.41, 5.74) is 2.06. The summed E-state index contributed by atoms with van der Waals surface area (Å²) in [5.74, 6) is 0.822. The first-order chi connectivity index (χ1) is 21.9. The van der Waals surface area contributed by atoms with Crippen molar-refractivity contribution in [1.82, 2.24) is 9.47 Å². The number of rotatable bonds is 11. The SMILES string of the molecule is CCCC1=C(C(=O)OCC)[C@@H](c2cccc(OC)c2)n2c(s/c(=C/c3ccc(OCC(=O)N4CCOCC4)c(OC)c3)c2=O)=N1. The van der Waals surface area contributed by atoms with Crippen molar-refractivity contribution in [3.8, 4) is 17.2 Å². The largest absolute Gasteiger partial charge is 0.497 e. The molecule has 1 amide bonds. The minimum absolute atomic E-state index is 0.124. The van der Waals surface area contributed by atoms with Crippen molar-refractivity contribution in [2.24, 2.45) is 4.99 Å². The number of nitrogens with zero attached hydrogens (tertiary/aromatic N) is 3. The Labute approximate surface area is 265 Å². The molecule has 1 saturated heterocycles. The Morgan fingerprint density at radius 3 is 2.58 bits per heavy atom. The highest BCUT2D eigenvalue weighted by Gasteiger charge is 2.34. The van der Waals surface area contributed by atoms with Crippen LogP contribution in [0.15, 0.2) is 63.5 Å². The molecule has 238 valence electrons. The second-order valence-electron chi connectivity index (χ2n) is 10.4. The number of esters is 1. The van der Waals surface area contributed by atoms with Gasteiger partial charge in [-0.25, -0.2) is 9.79 Å². The lowest BCUT2D eigenvalue weighted by Crippen LogP contribution is -2.43. The van der Waals surface area contributed by atoms with Gasteiger partial charge in [0.25, 0.3) is 11.5 Å². The molecule has 0 aliphatic carbocycles. The number of fused-ring (bicyclic) bond motifs is 1. The lowest BCUT2D eigenvalue weighted by molar-refractivity contribution is -0.139. The van der Waals surface area contributed by atoms with Crippen molar-refractivity contribution in [3.05, 3.63) is 84.5 Å². The Morgan fingerprint density at radius 2 is 1.87 bits per heavy atom. The average molecular weight is 636 g/mol. The quantitative estimate of drug-likeness (QED) is 0.296. The number of hydrogen-bond acceptors (Lipinski definition) is 10. The molecule has 45 heavy (non-hydrogen) atoms. The van der Waals surface area contributed by atoms with Crippen molar-refractivity contribution >= 4 is 29.3 Å². The monoisotopic (exact) mass is 635 g/mol. The number of carbonyl (C=O) groups is 2. The lowest BCUT2D eigenvalue weighted by Gasteiger charge is -2.26. The molecule has 5 rings (SSSR count). The second-order valence-corrected chi connectivity index (χ2v) is 11.4. The first-order valence-corrected chi connectivity index (χ1v) is 15.7. The topological polar surface area (TPSA) is 118 Å². The summed E-state index contributed by atoms with van der Waals surface area (Å²) in [4.78, 5) is 47.0. The molecule has 2 aromatic carbocycles. The van der Waals surface area contributed by atoms with Crippen LogP contribution in [-0.4, -0.2) is 75.1 Å². The Kier molecular flexibility index (Phi) is 10.4. The molecule has 0 bridgehead atoms. The number of ether oxygens (including phenoxy) is 5. The van der Waals surface area contributed by atoms with Crippen molar-refractivity contribution in [1.29, 1.82) is 0 Å². The molecule has 12 heteroatoms. The van der Waals surface area contributed by atoms with E-state index in [0.29, 0.717) is 81.7 Å². The summed E-state index contributed by atoms with van der Waals surface area (Å²) < 4.78 is 29.6. The molecule has 0 unspecified atom stereocenters. The third-order valence-electron chi connectivity index (χ3n) is 7.50. The maximum absolute atomic E-state index is 14.1. The van der Waals surface area contributed by atoms with Gasteiger partial charge in [-0.2, -0.15) is 0 Å². The Balaban J connectivity index is 1.54. The van der Waals surface area contributed by atoms with Gasteiger partial charge in [0.15, 0.2) is 22.9 Å². The Morgan fingerprint density at radius 1 is 1.07 bits per heavy atom. The summed E-state index contributed by atoms with van der Waals surface area (Å²) in [6.45, 7) is 5.94. The zero-order valence-corrected chi connectivity index (χ0v) is 26.7. The number of allylic oxidation sites excluding steroid dienone is 1. The minimum atomic E-state index is -0.742. The van der Waals surface area contributed by atoms with Crippen molar-refractivity contribution in [2.45, 2.75) is 32.7 Å². The fourth-order valence-electron chi connectivity index (χ4n) is 5.34. The van der Waals surface area contributed by atoms with E-state index in [-0.39, 0.29) is 24.7 Å². The first-order valence-electron chi connectivity index (χ1n) is 14.9. The third-order valence-corrected chi connectivity index (χ3v) is 8.49.